The summed E-state index contributed by atoms with van der Waals surface area (Å²) >= 11 is 0. The van der Waals surface area contributed by atoms with Gasteiger partial charge in [0.2, 0.25) is 0 Å². The highest BCUT2D eigenvalue weighted by Crippen LogP contribution is 2.00. The van der Waals surface area contributed by atoms with Crippen LogP contribution in [-0.4, -0.2) is 68.4 Å². The summed E-state index contributed by atoms with van der Waals surface area (Å²) in [4.78, 5) is 35.0. The quantitative estimate of drug-likeness (QED) is 0.460. The van der Waals surface area contributed by atoms with Crippen LogP contribution >= 0.6 is 0 Å². The molecule has 0 aromatic heterocycles. The van der Waals surface area contributed by atoms with E-state index >= 15 is 0 Å². The van der Waals surface area contributed by atoms with Gasteiger partial charge in [-0.3, -0.25) is 4.79 Å². The fraction of sp³-hybridized carbons (Fsp3) is 0.750. The molecule has 0 saturated carbocycles. The average Bonchev–Trinajstić information content (AvgIpc) is 2.42. The van der Waals surface area contributed by atoms with Crippen molar-refractivity contribution < 1.29 is 29.0 Å². The summed E-state index contributed by atoms with van der Waals surface area (Å²) in [6, 6.07) is -1.52. The first kappa shape index (κ1) is 18.2. The van der Waals surface area contributed by atoms with E-state index in [0.29, 0.717) is 13.0 Å². The fourth-order valence-electron chi connectivity index (χ4n) is 1.41. The molecule has 2 amide bonds. The Bertz CT molecular complexity index is 334. The zero-order chi connectivity index (χ0) is 15.5. The maximum absolute atomic E-state index is 11.8. The van der Waals surface area contributed by atoms with Crippen LogP contribution < -0.4 is 5.32 Å². The number of nitrogens with one attached hydrogen (secondary N) is 1. The monoisotopic (exact) mass is 290 g/mol. The number of esters is 1. The average molecular weight is 290 g/mol. The number of urea groups is 1. The Hall–Kier alpha value is -1.83. The van der Waals surface area contributed by atoms with Gasteiger partial charge in [-0.2, -0.15) is 0 Å². The van der Waals surface area contributed by atoms with E-state index in [-0.39, 0.29) is 19.4 Å². The molecule has 0 aromatic carbocycles. The minimum atomic E-state index is -1.10. The third-order valence-corrected chi connectivity index (χ3v) is 2.66. The molecule has 2 N–H and O–H groups in total. The first-order valence-electron chi connectivity index (χ1n) is 6.22. The number of methoxy groups -OCH3 is 2. The van der Waals surface area contributed by atoms with Crippen molar-refractivity contribution >= 4 is 18.0 Å². The maximum Gasteiger partial charge on any atom is 0.326 e. The summed E-state index contributed by atoms with van der Waals surface area (Å²) in [5, 5.41) is 11.4. The number of carboxylic acid groups (broad SMARTS) is 1. The van der Waals surface area contributed by atoms with Crippen molar-refractivity contribution in [1.29, 1.82) is 0 Å². The van der Waals surface area contributed by atoms with Crippen LogP contribution in [0, 0.1) is 0 Å². The molecule has 1 unspecified atom stereocenters. The molecule has 0 aliphatic heterocycles. The second kappa shape index (κ2) is 10.0. The van der Waals surface area contributed by atoms with Gasteiger partial charge in [0.05, 0.1) is 13.5 Å². The number of carbonyl (C=O) groups excluding carboxylic acids is 2. The number of hydrogen-bond acceptors (Lipinski definition) is 5. The molecule has 116 valence electrons. The molecule has 0 aliphatic carbocycles. The summed E-state index contributed by atoms with van der Waals surface area (Å²) in [5.41, 5.74) is 0. The molecule has 0 spiro atoms. The van der Waals surface area contributed by atoms with Crippen molar-refractivity contribution in [2.45, 2.75) is 25.3 Å². The Kier molecular flexibility index (Phi) is 9.10. The van der Waals surface area contributed by atoms with Crippen LogP contribution in [-0.2, 0) is 19.1 Å². The van der Waals surface area contributed by atoms with Crippen LogP contribution in [0.1, 0.15) is 19.3 Å². The molecule has 0 heterocycles. The zero-order valence-corrected chi connectivity index (χ0v) is 12.0. The predicted octanol–water partition coefficient (Wildman–Crippen LogP) is 0.0707. The van der Waals surface area contributed by atoms with Gasteiger partial charge in [0.15, 0.2) is 0 Å². The standard InChI is InChI=1S/C12H22N2O6/c1-14(7-6-10(15)20-3)12(18)13-9(11(16)17)5-4-8-19-2/h9H,4-8H2,1-3H3,(H,13,18)(H,16,17). The lowest BCUT2D eigenvalue weighted by atomic mass is 10.1. The van der Waals surface area contributed by atoms with Crippen LogP contribution in [0.5, 0.6) is 0 Å². The molecule has 20 heavy (non-hydrogen) atoms. The molecule has 0 aliphatic rings. The highest BCUT2D eigenvalue weighted by atomic mass is 16.5. The first-order valence-corrected chi connectivity index (χ1v) is 6.22. The third-order valence-electron chi connectivity index (χ3n) is 2.66. The summed E-state index contributed by atoms with van der Waals surface area (Å²) in [5.74, 6) is -1.53. The number of rotatable bonds is 9. The lowest BCUT2D eigenvalue weighted by Gasteiger charge is -2.21. The minimum Gasteiger partial charge on any atom is -0.480 e. The second-order valence-electron chi connectivity index (χ2n) is 4.22. The van der Waals surface area contributed by atoms with E-state index in [0.717, 1.165) is 0 Å². The van der Waals surface area contributed by atoms with Gasteiger partial charge in [-0.05, 0) is 12.8 Å². The Labute approximate surface area is 118 Å². The van der Waals surface area contributed by atoms with Crippen molar-refractivity contribution in [2.75, 3.05) is 34.4 Å². The van der Waals surface area contributed by atoms with Crippen molar-refractivity contribution in [3.63, 3.8) is 0 Å². The summed E-state index contributed by atoms with van der Waals surface area (Å²) in [7, 11) is 4.26. The van der Waals surface area contributed by atoms with Crippen molar-refractivity contribution in [3.8, 4) is 0 Å². The maximum atomic E-state index is 11.8. The molecule has 8 heteroatoms. The van der Waals surface area contributed by atoms with E-state index in [2.05, 4.69) is 10.1 Å². The van der Waals surface area contributed by atoms with Crippen molar-refractivity contribution in [3.05, 3.63) is 0 Å². The number of aliphatic carboxylic acids is 1. The molecular formula is C12H22N2O6. The van der Waals surface area contributed by atoms with E-state index in [1.165, 1.54) is 26.2 Å². The van der Waals surface area contributed by atoms with Crippen LogP contribution in [0.15, 0.2) is 0 Å². The number of nitrogens with zero attached hydrogens (tertiary/aromatic N) is 1. The molecule has 0 fully saturated rings. The second-order valence-corrected chi connectivity index (χ2v) is 4.22. The molecule has 8 nitrogen and oxygen atoms in total. The number of ether oxygens (including phenoxy) is 2. The van der Waals surface area contributed by atoms with Crippen LogP contribution in [0.2, 0.25) is 0 Å². The summed E-state index contributed by atoms with van der Waals surface area (Å²) < 4.78 is 9.29. The van der Waals surface area contributed by atoms with Gasteiger partial charge in [0.25, 0.3) is 0 Å². The van der Waals surface area contributed by atoms with Gasteiger partial charge >= 0.3 is 18.0 Å². The molecule has 0 bridgehead atoms. The van der Waals surface area contributed by atoms with Gasteiger partial charge in [0, 0.05) is 27.3 Å². The Morgan fingerprint density at radius 1 is 1.30 bits per heavy atom. The molecule has 0 aromatic rings. The van der Waals surface area contributed by atoms with Gasteiger partial charge < -0.3 is 24.8 Å². The van der Waals surface area contributed by atoms with Gasteiger partial charge in [-0.25, -0.2) is 9.59 Å². The Morgan fingerprint density at radius 2 is 1.95 bits per heavy atom. The highest BCUT2D eigenvalue weighted by molar-refractivity contribution is 5.82. The summed E-state index contributed by atoms with van der Waals surface area (Å²) in [6.45, 7) is 0.584. The largest absolute Gasteiger partial charge is 0.480 e. The van der Waals surface area contributed by atoms with Gasteiger partial charge in [-0.15, -0.1) is 0 Å². The van der Waals surface area contributed by atoms with Crippen LogP contribution in [0.4, 0.5) is 4.79 Å². The minimum absolute atomic E-state index is 0.0574. The van der Waals surface area contributed by atoms with Crippen molar-refractivity contribution in [2.24, 2.45) is 0 Å². The Morgan fingerprint density at radius 3 is 2.45 bits per heavy atom. The van der Waals surface area contributed by atoms with Crippen molar-refractivity contribution in [1.82, 2.24) is 10.2 Å². The topological polar surface area (TPSA) is 105 Å². The third kappa shape index (κ3) is 7.57. The van der Waals surface area contributed by atoms with E-state index in [1.54, 1.807) is 0 Å². The lowest BCUT2D eigenvalue weighted by Crippen LogP contribution is -2.47. The van der Waals surface area contributed by atoms with Gasteiger partial charge in [0.1, 0.15) is 6.04 Å². The van der Waals surface area contributed by atoms with E-state index in [9.17, 15) is 14.4 Å². The van der Waals surface area contributed by atoms with E-state index in [1.807, 2.05) is 0 Å². The molecule has 0 radical (unpaired) electrons. The zero-order valence-electron chi connectivity index (χ0n) is 12.0. The smallest absolute Gasteiger partial charge is 0.326 e. The van der Waals surface area contributed by atoms with Crippen LogP contribution in [0.25, 0.3) is 0 Å². The fourth-order valence-corrected chi connectivity index (χ4v) is 1.41. The normalized spacial score (nSPS) is 11.6. The summed E-state index contributed by atoms with van der Waals surface area (Å²) in [6.07, 6.45) is 0.862. The number of hydrogen-bond donors (Lipinski definition) is 2. The highest BCUT2D eigenvalue weighted by Gasteiger charge is 2.21. The van der Waals surface area contributed by atoms with Gasteiger partial charge in [-0.1, -0.05) is 0 Å². The first-order chi connectivity index (χ1) is 9.42. The molecular weight excluding hydrogens is 268 g/mol. The number of carbonyl (C=O) groups is 3. The SMILES string of the molecule is COCCCC(NC(=O)N(C)CCC(=O)OC)C(=O)O. The molecule has 0 rings (SSSR count). The lowest BCUT2D eigenvalue weighted by molar-refractivity contribution is -0.141. The van der Waals surface area contributed by atoms with Crippen LogP contribution in [0.3, 0.4) is 0 Å². The number of carboxylic acids is 1. The molecule has 0 saturated heterocycles. The predicted molar refractivity (Wildman–Crippen MR) is 70.3 cm³/mol. The number of amides is 2. The van der Waals surface area contributed by atoms with E-state index < -0.39 is 24.0 Å². The van der Waals surface area contributed by atoms with E-state index in [4.69, 9.17) is 9.84 Å². The Balaban J connectivity index is 4.22. The molecule has 1 atom stereocenters.